The predicted molar refractivity (Wildman–Crippen MR) is 72.5 cm³/mol. The van der Waals surface area contributed by atoms with Crippen molar-refractivity contribution in [3.8, 4) is 11.8 Å². The van der Waals surface area contributed by atoms with Gasteiger partial charge in [0.25, 0.3) is 0 Å². The third-order valence-corrected chi connectivity index (χ3v) is 3.07. The Hall–Kier alpha value is -1.17. The van der Waals surface area contributed by atoms with Crippen molar-refractivity contribution in [2.75, 3.05) is 0 Å². The maximum Gasteiger partial charge on any atom is 0.417 e. The number of halogens is 3. The van der Waals surface area contributed by atoms with E-state index < -0.39 is 11.7 Å². The second-order valence-corrected chi connectivity index (χ2v) is 6.23. The van der Waals surface area contributed by atoms with Crippen LogP contribution in [-0.4, -0.2) is 6.18 Å². The molecule has 1 aliphatic carbocycles. The van der Waals surface area contributed by atoms with Crippen LogP contribution >= 0.6 is 0 Å². The normalized spacial score (nSPS) is 17.2. The number of hydrogen-bond acceptors (Lipinski definition) is 0. The van der Waals surface area contributed by atoms with Crippen molar-refractivity contribution >= 4 is 0 Å². The van der Waals surface area contributed by atoms with E-state index in [2.05, 4.69) is 11.8 Å². The van der Waals surface area contributed by atoms with Gasteiger partial charge >= 0.3 is 6.18 Å². The Morgan fingerprint density at radius 3 is 2.11 bits per heavy atom. The van der Waals surface area contributed by atoms with Crippen molar-refractivity contribution < 1.29 is 13.2 Å². The van der Waals surface area contributed by atoms with E-state index in [0.717, 1.165) is 5.57 Å². The highest BCUT2D eigenvalue weighted by Gasteiger charge is 2.37. The molecule has 0 heterocycles. The molecule has 0 aromatic heterocycles. The molecule has 0 nitrogen and oxygen atoms in total. The quantitative estimate of drug-likeness (QED) is 0.526. The first kappa shape index (κ1) is 15.9. The smallest absolute Gasteiger partial charge is 0.166 e. The minimum atomic E-state index is -4.32. The van der Waals surface area contributed by atoms with Crippen molar-refractivity contribution in [2.24, 2.45) is 11.3 Å². The second-order valence-electron chi connectivity index (χ2n) is 6.23. The van der Waals surface area contributed by atoms with E-state index in [1.807, 2.05) is 34.6 Å². The van der Waals surface area contributed by atoms with Crippen molar-refractivity contribution in [1.29, 1.82) is 0 Å². The minimum Gasteiger partial charge on any atom is -0.166 e. The van der Waals surface area contributed by atoms with Crippen LogP contribution in [0.15, 0.2) is 22.8 Å². The molecule has 0 radical (unpaired) electrons. The maximum absolute atomic E-state index is 13.1. The lowest BCUT2D eigenvalue weighted by atomic mass is 9.78. The van der Waals surface area contributed by atoms with Crippen LogP contribution in [0.25, 0.3) is 0 Å². The van der Waals surface area contributed by atoms with E-state index in [1.165, 1.54) is 6.08 Å². The van der Waals surface area contributed by atoms with Crippen LogP contribution in [0.4, 0.5) is 13.2 Å². The van der Waals surface area contributed by atoms with Gasteiger partial charge in [0.2, 0.25) is 0 Å². The summed E-state index contributed by atoms with van der Waals surface area (Å²) in [4.78, 5) is 0. The zero-order valence-electron chi connectivity index (χ0n) is 12.2. The van der Waals surface area contributed by atoms with Gasteiger partial charge in [0.1, 0.15) is 0 Å². The largest absolute Gasteiger partial charge is 0.417 e. The van der Waals surface area contributed by atoms with Crippen molar-refractivity contribution in [1.82, 2.24) is 0 Å². The maximum atomic E-state index is 13.1. The van der Waals surface area contributed by atoms with Crippen molar-refractivity contribution in [3.05, 3.63) is 22.8 Å². The van der Waals surface area contributed by atoms with E-state index in [4.69, 9.17) is 0 Å². The van der Waals surface area contributed by atoms with Crippen LogP contribution in [-0.2, 0) is 0 Å². The fraction of sp³-hybridized carbons (Fsp3) is 0.625. The van der Waals surface area contributed by atoms with Gasteiger partial charge in [-0.15, -0.1) is 0 Å². The van der Waals surface area contributed by atoms with E-state index in [1.54, 1.807) is 0 Å². The summed E-state index contributed by atoms with van der Waals surface area (Å²) in [5.74, 6) is 5.63. The van der Waals surface area contributed by atoms with Gasteiger partial charge in [0.15, 0.2) is 0 Å². The summed E-state index contributed by atoms with van der Waals surface area (Å²) in [5, 5.41) is 0. The lowest BCUT2D eigenvalue weighted by Crippen LogP contribution is -2.19. The SMILES string of the molecule is CC(C)C#CC1=C(C(F)(F)F)C=C(C(C)(C)C)CC1. The predicted octanol–water partition coefficient (Wildman–Crippen LogP) is 5.27. The highest BCUT2D eigenvalue weighted by Crippen LogP contribution is 2.40. The second kappa shape index (κ2) is 5.45. The summed E-state index contributed by atoms with van der Waals surface area (Å²) in [5.41, 5.74) is 0.286. The van der Waals surface area contributed by atoms with Crippen LogP contribution in [0.3, 0.4) is 0 Å². The Bertz CT molecular complexity index is 457. The Morgan fingerprint density at radius 1 is 1.11 bits per heavy atom. The molecular formula is C16H21F3. The molecule has 0 bridgehead atoms. The summed E-state index contributed by atoms with van der Waals surface area (Å²) < 4.78 is 39.3. The fourth-order valence-corrected chi connectivity index (χ4v) is 1.93. The Labute approximate surface area is 113 Å². The summed E-state index contributed by atoms with van der Waals surface area (Å²) in [6.07, 6.45) is -1.98. The summed E-state index contributed by atoms with van der Waals surface area (Å²) in [7, 11) is 0. The Morgan fingerprint density at radius 2 is 1.68 bits per heavy atom. The fourth-order valence-electron chi connectivity index (χ4n) is 1.93. The van der Waals surface area contributed by atoms with Gasteiger partial charge in [0.05, 0.1) is 5.57 Å². The molecule has 0 unspecified atom stereocenters. The van der Waals surface area contributed by atoms with Crippen LogP contribution in [0.1, 0.15) is 47.5 Å². The molecular weight excluding hydrogens is 249 g/mol. The molecule has 0 aliphatic heterocycles. The molecule has 0 saturated heterocycles. The molecule has 0 spiro atoms. The van der Waals surface area contributed by atoms with Crippen molar-refractivity contribution in [2.45, 2.75) is 53.6 Å². The van der Waals surface area contributed by atoms with Crippen LogP contribution in [0.5, 0.6) is 0 Å². The molecule has 0 atom stereocenters. The number of rotatable bonds is 0. The first-order valence-electron chi connectivity index (χ1n) is 6.54. The average molecular weight is 270 g/mol. The summed E-state index contributed by atoms with van der Waals surface area (Å²) >= 11 is 0. The molecule has 0 N–H and O–H groups in total. The standard InChI is InChI=1S/C16H21F3/c1-11(2)6-7-12-8-9-13(15(3,4)5)10-14(12)16(17,18)19/h10-11H,8-9H2,1-5H3. The van der Waals surface area contributed by atoms with Gasteiger partial charge in [-0.1, -0.05) is 52.0 Å². The monoisotopic (exact) mass is 270 g/mol. The third-order valence-electron chi connectivity index (χ3n) is 3.07. The van der Waals surface area contributed by atoms with Crippen LogP contribution in [0.2, 0.25) is 0 Å². The van der Waals surface area contributed by atoms with Gasteiger partial charge in [-0.05, 0) is 24.3 Å². The van der Waals surface area contributed by atoms with E-state index in [-0.39, 0.29) is 16.9 Å². The third kappa shape index (κ3) is 4.45. The van der Waals surface area contributed by atoms with E-state index >= 15 is 0 Å². The molecule has 19 heavy (non-hydrogen) atoms. The summed E-state index contributed by atoms with van der Waals surface area (Å²) in [6.45, 7) is 9.58. The molecule has 106 valence electrons. The van der Waals surface area contributed by atoms with Crippen molar-refractivity contribution in [3.63, 3.8) is 0 Å². The Kier molecular flexibility index (Phi) is 4.55. The van der Waals surface area contributed by atoms with Gasteiger partial charge in [-0.2, -0.15) is 13.2 Å². The molecule has 3 heteroatoms. The van der Waals surface area contributed by atoms with E-state index in [9.17, 15) is 13.2 Å². The van der Waals surface area contributed by atoms with E-state index in [0.29, 0.717) is 12.8 Å². The topological polar surface area (TPSA) is 0 Å². The number of alkyl halides is 3. The number of hydrogen-bond donors (Lipinski definition) is 0. The molecule has 0 amide bonds. The van der Waals surface area contributed by atoms with Gasteiger partial charge in [-0.3, -0.25) is 0 Å². The summed E-state index contributed by atoms with van der Waals surface area (Å²) in [6, 6.07) is 0. The lowest BCUT2D eigenvalue weighted by molar-refractivity contribution is -0.0892. The first-order chi connectivity index (χ1) is 8.51. The minimum absolute atomic E-state index is 0.0787. The lowest BCUT2D eigenvalue weighted by Gasteiger charge is -2.28. The number of allylic oxidation sites excluding steroid dienone is 4. The zero-order chi connectivity index (χ0) is 14.8. The highest BCUT2D eigenvalue weighted by molar-refractivity contribution is 5.46. The average Bonchev–Trinajstić information content (AvgIpc) is 2.23. The molecule has 0 aromatic rings. The van der Waals surface area contributed by atoms with Crippen LogP contribution < -0.4 is 0 Å². The molecule has 1 rings (SSSR count). The Balaban J connectivity index is 3.28. The zero-order valence-corrected chi connectivity index (χ0v) is 12.2. The molecule has 0 fully saturated rings. The molecule has 0 aromatic carbocycles. The van der Waals surface area contributed by atoms with Gasteiger partial charge in [0, 0.05) is 11.5 Å². The van der Waals surface area contributed by atoms with Gasteiger partial charge < -0.3 is 0 Å². The molecule has 0 saturated carbocycles. The highest BCUT2D eigenvalue weighted by atomic mass is 19.4. The first-order valence-corrected chi connectivity index (χ1v) is 6.54. The van der Waals surface area contributed by atoms with Crippen LogP contribution in [0, 0.1) is 23.2 Å². The molecule has 1 aliphatic rings. The van der Waals surface area contributed by atoms with Gasteiger partial charge in [-0.25, -0.2) is 0 Å².